The van der Waals surface area contributed by atoms with Gasteiger partial charge in [0.1, 0.15) is 0 Å². The van der Waals surface area contributed by atoms with Crippen molar-refractivity contribution in [1.29, 1.82) is 0 Å². The normalized spacial score (nSPS) is 19.1. The average Bonchev–Trinajstić information content (AvgIpc) is 3.23. The van der Waals surface area contributed by atoms with Gasteiger partial charge in [0.25, 0.3) is 0 Å². The Hall–Kier alpha value is -1.66. The number of rotatable bonds is 17. The fraction of sp³-hybridized carbons (Fsp3) is 0.479. The topological polar surface area (TPSA) is 54.1 Å². The van der Waals surface area contributed by atoms with Crippen molar-refractivity contribution in [2.45, 2.75) is 102 Å². The SMILES string of the molecule is CN(C)CC(=O)NC1CCC(N(Cc2ccccc2)Cc2ccccc2)CC1.CN(C)CCNC1CCC(N(Cc2ccccc2)Cc2ccccc2)CC1.I.II. The molecule has 2 aliphatic carbocycles. The van der Waals surface area contributed by atoms with Crippen molar-refractivity contribution in [3.8, 4) is 0 Å². The second-order valence-electron chi connectivity index (χ2n) is 16.3. The third-order valence-electron chi connectivity index (χ3n) is 11.2. The van der Waals surface area contributed by atoms with Crippen LogP contribution in [0.15, 0.2) is 121 Å². The molecule has 2 aliphatic rings. The lowest BCUT2D eigenvalue weighted by Gasteiger charge is -2.37. The highest BCUT2D eigenvalue weighted by Crippen LogP contribution is 2.28. The largest absolute Gasteiger partial charge is 0.352 e. The van der Waals surface area contributed by atoms with Crippen molar-refractivity contribution in [1.82, 2.24) is 30.2 Å². The van der Waals surface area contributed by atoms with E-state index < -0.39 is 0 Å². The van der Waals surface area contributed by atoms with Gasteiger partial charge in [-0.3, -0.25) is 14.6 Å². The molecule has 6 rings (SSSR count). The number of carbonyl (C=O) groups is 1. The highest BCUT2D eigenvalue weighted by molar-refractivity contribution is 15.0. The summed E-state index contributed by atoms with van der Waals surface area (Å²) in [6, 6.07) is 45.6. The Kier molecular flexibility index (Phi) is 25.8. The molecule has 4 aromatic rings. The van der Waals surface area contributed by atoms with Gasteiger partial charge in [-0.05, 0) is 102 Å². The third-order valence-corrected chi connectivity index (χ3v) is 11.2. The van der Waals surface area contributed by atoms with Gasteiger partial charge < -0.3 is 20.4 Å². The maximum atomic E-state index is 12.1. The zero-order valence-electron chi connectivity index (χ0n) is 35.3. The van der Waals surface area contributed by atoms with Crippen LogP contribution in [0.4, 0.5) is 0 Å². The summed E-state index contributed by atoms with van der Waals surface area (Å²) in [6.07, 6.45) is 9.54. The molecule has 10 heteroatoms. The van der Waals surface area contributed by atoms with Crippen LogP contribution in [-0.4, -0.2) is 97.5 Å². The fourth-order valence-corrected chi connectivity index (χ4v) is 8.18. The molecule has 0 unspecified atom stereocenters. The molecule has 318 valence electrons. The summed E-state index contributed by atoms with van der Waals surface area (Å²) in [4.78, 5) is 21.5. The first-order chi connectivity index (χ1) is 27.8. The molecule has 2 N–H and O–H groups in total. The first kappa shape index (κ1) is 50.7. The predicted molar refractivity (Wildman–Crippen MR) is 273 cm³/mol. The number of halogens is 3. The van der Waals surface area contributed by atoms with Crippen LogP contribution in [0, 0.1) is 0 Å². The molecule has 1 amide bonds. The lowest BCUT2D eigenvalue weighted by Crippen LogP contribution is -2.45. The van der Waals surface area contributed by atoms with E-state index in [0.717, 1.165) is 65.0 Å². The molecule has 0 atom stereocenters. The molecule has 0 aromatic heterocycles. The summed E-state index contributed by atoms with van der Waals surface area (Å²) >= 11 is 4.24. The van der Waals surface area contributed by atoms with Crippen molar-refractivity contribution in [3.63, 3.8) is 0 Å². The van der Waals surface area contributed by atoms with Crippen LogP contribution < -0.4 is 10.6 Å². The van der Waals surface area contributed by atoms with Crippen molar-refractivity contribution in [2.75, 3.05) is 47.8 Å². The molecule has 0 bridgehead atoms. The van der Waals surface area contributed by atoms with E-state index in [-0.39, 0.29) is 29.9 Å². The van der Waals surface area contributed by atoms with Gasteiger partial charge >= 0.3 is 0 Å². The molecule has 2 fully saturated rings. The number of benzene rings is 4. The number of amides is 1. The smallest absolute Gasteiger partial charge is 0.234 e. The molecule has 0 aliphatic heterocycles. The maximum absolute atomic E-state index is 12.1. The molecular formula is C48H69I3N6O. The minimum absolute atomic E-state index is 0. The van der Waals surface area contributed by atoms with Crippen molar-refractivity contribution >= 4 is 67.1 Å². The number of hydrogen-bond acceptors (Lipinski definition) is 6. The number of nitrogens with zero attached hydrogens (tertiary/aromatic N) is 4. The first-order valence-electron chi connectivity index (χ1n) is 20.9. The Morgan fingerprint density at radius 2 is 0.845 bits per heavy atom. The summed E-state index contributed by atoms with van der Waals surface area (Å²) in [6.45, 7) is 6.70. The summed E-state index contributed by atoms with van der Waals surface area (Å²) in [5.41, 5.74) is 5.55. The third kappa shape index (κ3) is 19.8. The number of nitrogens with one attached hydrogen (secondary N) is 2. The van der Waals surface area contributed by atoms with Gasteiger partial charge in [0.05, 0.1) is 6.54 Å². The van der Waals surface area contributed by atoms with Crippen molar-refractivity contribution in [2.24, 2.45) is 0 Å². The molecule has 0 heterocycles. The van der Waals surface area contributed by atoms with E-state index in [9.17, 15) is 4.79 Å². The lowest BCUT2D eigenvalue weighted by molar-refractivity contribution is -0.122. The molecular weight excluding hydrogens is 1060 g/mol. The van der Waals surface area contributed by atoms with Crippen LogP contribution in [0.5, 0.6) is 0 Å². The molecule has 4 aromatic carbocycles. The predicted octanol–water partition coefficient (Wildman–Crippen LogP) is 10.2. The number of likely N-dealkylation sites (N-methyl/N-ethyl adjacent to an activating group) is 2. The van der Waals surface area contributed by atoms with E-state index in [4.69, 9.17) is 0 Å². The van der Waals surface area contributed by atoms with E-state index in [1.165, 1.54) is 47.9 Å². The van der Waals surface area contributed by atoms with Crippen molar-refractivity contribution in [3.05, 3.63) is 144 Å². The van der Waals surface area contributed by atoms with Gasteiger partial charge in [-0.2, -0.15) is 0 Å². The van der Waals surface area contributed by atoms with Crippen LogP contribution in [0.25, 0.3) is 0 Å². The van der Waals surface area contributed by atoms with Crippen LogP contribution in [0.2, 0.25) is 0 Å². The van der Waals surface area contributed by atoms with Gasteiger partial charge in [0.15, 0.2) is 0 Å². The highest BCUT2D eigenvalue weighted by atomic mass is 128. The summed E-state index contributed by atoms with van der Waals surface area (Å²) in [7, 11) is 8.15. The van der Waals surface area contributed by atoms with Crippen molar-refractivity contribution < 1.29 is 4.79 Å². The average molecular weight is 1130 g/mol. The van der Waals surface area contributed by atoms with Gasteiger partial charge in [0.2, 0.25) is 5.91 Å². The Morgan fingerprint density at radius 1 is 0.517 bits per heavy atom. The molecule has 7 nitrogen and oxygen atoms in total. The van der Waals surface area contributed by atoms with Crippen LogP contribution in [-0.2, 0) is 31.0 Å². The van der Waals surface area contributed by atoms with E-state index in [0.29, 0.717) is 30.7 Å². The number of carbonyl (C=O) groups excluding carboxylic acids is 1. The molecule has 0 spiro atoms. The van der Waals surface area contributed by atoms with Gasteiger partial charge in [-0.25, -0.2) is 0 Å². The van der Waals surface area contributed by atoms with Crippen LogP contribution >= 0.6 is 61.2 Å². The monoisotopic (exact) mass is 1130 g/mol. The highest BCUT2D eigenvalue weighted by Gasteiger charge is 2.28. The Labute approximate surface area is 391 Å². The van der Waals surface area contributed by atoms with Crippen LogP contribution in [0.1, 0.15) is 73.6 Å². The quantitative estimate of drug-likeness (QED) is 0.103. The summed E-state index contributed by atoms with van der Waals surface area (Å²) < 4.78 is 0. The maximum Gasteiger partial charge on any atom is 0.234 e. The van der Waals surface area contributed by atoms with Gasteiger partial charge in [-0.15, -0.1) is 24.0 Å². The first-order valence-corrected chi connectivity index (χ1v) is 27.2. The Bertz CT molecular complexity index is 1520. The van der Waals surface area contributed by atoms with E-state index in [2.05, 4.69) is 198 Å². The number of hydrogen-bond donors (Lipinski definition) is 2. The summed E-state index contributed by atoms with van der Waals surface area (Å²) in [5.74, 6) is 0.138. The van der Waals surface area contributed by atoms with E-state index in [1.807, 2.05) is 19.0 Å². The minimum Gasteiger partial charge on any atom is -0.352 e. The van der Waals surface area contributed by atoms with E-state index >= 15 is 0 Å². The fourth-order valence-electron chi connectivity index (χ4n) is 8.18. The van der Waals surface area contributed by atoms with Gasteiger partial charge in [0, 0.05) is 101 Å². The standard InChI is InChI=1S/C24H33N3O.C24H35N3.I2.HI/c1-26(2)19-24(28)25-22-13-15-23(16-14-22)27(17-20-9-5-3-6-10-20)18-21-11-7-4-8-12-21;1-26(2)18-17-25-23-13-15-24(16-14-23)27(19-21-9-5-3-6-10-21)20-22-11-7-4-8-12-22;1-2;/h3-12,22-23H,13-19H2,1-2H3,(H,25,28);3-12,23-25H,13-20H2,1-2H3;;1H. The lowest BCUT2D eigenvalue weighted by atomic mass is 9.89. The minimum atomic E-state index is 0. The van der Waals surface area contributed by atoms with E-state index in [1.54, 1.807) is 0 Å². The molecule has 0 saturated heterocycles. The van der Waals surface area contributed by atoms with Crippen LogP contribution in [0.3, 0.4) is 0 Å². The second kappa shape index (κ2) is 29.6. The molecule has 2 saturated carbocycles. The zero-order valence-corrected chi connectivity index (χ0v) is 42.0. The van der Waals surface area contributed by atoms with Gasteiger partial charge in [-0.1, -0.05) is 121 Å². The zero-order chi connectivity index (χ0) is 40.7. The molecule has 58 heavy (non-hydrogen) atoms. The Balaban J connectivity index is 0.000000293. The second-order valence-corrected chi connectivity index (χ2v) is 16.3. The summed E-state index contributed by atoms with van der Waals surface area (Å²) in [5, 5.41) is 6.96. The Morgan fingerprint density at radius 3 is 1.16 bits per heavy atom. The molecule has 0 radical (unpaired) electrons.